The lowest BCUT2D eigenvalue weighted by molar-refractivity contribution is 0.0951. The van der Waals surface area contributed by atoms with E-state index in [9.17, 15) is 4.79 Å². The third-order valence-corrected chi connectivity index (χ3v) is 3.96. The number of fused-ring (bicyclic) bond motifs is 1. The SMILES string of the molecule is O=C(NCc1cccs1)c1ccc2c(c1)NCC2. The van der Waals surface area contributed by atoms with Gasteiger partial charge in [0.05, 0.1) is 6.54 Å². The largest absolute Gasteiger partial charge is 0.384 e. The second-order valence-electron chi connectivity index (χ2n) is 4.31. The van der Waals surface area contributed by atoms with Gasteiger partial charge in [-0.1, -0.05) is 12.1 Å². The van der Waals surface area contributed by atoms with Crippen molar-refractivity contribution in [3.63, 3.8) is 0 Å². The van der Waals surface area contributed by atoms with Crippen molar-refractivity contribution in [3.8, 4) is 0 Å². The Kier molecular flexibility index (Phi) is 3.02. The molecule has 2 heterocycles. The molecule has 0 spiro atoms. The van der Waals surface area contributed by atoms with Crippen molar-refractivity contribution in [2.75, 3.05) is 11.9 Å². The van der Waals surface area contributed by atoms with Gasteiger partial charge in [-0.15, -0.1) is 11.3 Å². The molecule has 4 heteroatoms. The summed E-state index contributed by atoms with van der Waals surface area (Å²) in [5.74, 6) is -0.0140. The second kappa shape index (κ2) is 4.82. The Morgan fingerprint density at radius 2 is 2.33 bits per heavy atom. The minimum atomic E-state index is -0.0140. The summed E-state index contributed by atoms with van der Waals surface area (Å²) in [6, 6.07) is 9.89. The first-order valence-corrected chi connectivity index (χ1v) is 6.88. The smallest absolute Gasteiger partial charge is 0.251 e. The number of anilines is 1. The summed E-state index contributed by atoms with van der Waals surface area (Å²) >= 11 is 1.65. The fourth-order valence-corrected chi connectivity index (χ4v) is 2.76. The summed E-state index contributed by atoms with van der Waals surface area (Å²) in [4.78, 5) is 13.2. The molecule has 0 atom stereocenters. The van der Waals surface area contributed by atoms with E-state index in [1.54, 1.807) is 11.3 Å². The van der Waals surface area contributed by atoms with Gasteiger partial charge in [-0.25, -0.2) is 0 Å². The number of hydrogen-bond donors (Lipinski definition) is 2. The summed E-state index contributed by atoms with van der Waals surface area (Å²) in [6.45, 7) is 1.57. The van der Waals surface area contributed by atoms with Gasteiger partial charge in [0.15, 0.2) is 0 Å². The van der Waals surface area contributed by atoms with Crippen molar-refractivity contribution >= 4 is 22.9 Å². The van der Waals surface area contributed by atoms with Crippen molar-refractivity contribution in [1.29, 1.82) is 0 Å². The van der Waals surface area contributed by atoms with Crippen molar-refractivity contribution < 1.29 is 4.79 Å². The zero-order valence-corrected chi connectivity index (χ0v) is 10.7. The van der Waals surface area contributed by atoms with E-state index in [-0.39, 0.29) is 5.91 Å². The van der Waals surface area contributed by atoms with Gasteiger partial charge < -0.3 is 10.6 Å². The molecule has 2 aromatic rings. The highest BCUT2D eigenvalue weighted by atomic mass is 32.1. The molecule has 1 aromatic heterocycles. The van der Waals surface area contributed by atoms with Crippen LogP contribution < -0.4 is 10.6 Å². The predicted octanol–water partition coefficient (Wildman–Crippen LogP) is 2.65. The van der Waals surface area contributed by atoms with Crippen molar-refractivity contribution in [1.82, 2.24) is 5.32 Å². The van der Waals surface area contributed by atoms with Gasteiger partial charge >= 0.3 is 0 Å². The van der Waals surface area contributed by atoms with E-state index in [0.29, 0.717) is 6.54 Å². The van der Waals surface area contributed by atoms with Crippen molar-refractivity contribution in [3.05, 3.63) is 51.7 Å². The summed E-state index contributed by atoms with van der Waals surface area (Å²) in [5, 5.41) is 8.24. The van der Waals surface area contributed by atoms with E-state index in [0.717, 1.165) is 24.2 Å². The molecule has 1 amide bonds. The number of amides is 1. The molecular weight excluding hydrogens is 244 g/mol. The van der Waals surface area contributed by atoms with Crippen molar-refractivity contribution in [2.24, 2.45) is 0 Å². The minimum absolute atomic E-state index is 0.0140. The lowest BCUT2D eigenvalue weighted by Crippen LogP contribution is -2.22. The molecule has 0 saturated carbocycles. The quantitative estimate of drug-likeness (QED) is 0.888. The summed E-state index contributed by atoms with van der Waals surface area (Å²) in [7, 11) is 0. The third-order valence-electron chi connectivity index (χ3n) is 3.09. The van der Waals surface area contributed by atoms with E-state index in [4.69, 9.17) is 0 Å². The summed E-state index contributed by atoms with van der Waals surface area (Å²) in [6.07, 6.45) is 1.05. The van der Waals surface area contributed by atoms with Crippen LogP contribution >= 0.6 is 11.3 Å². The Morgan fingerprint density at radius 1 is 1.39 bits per heavy atom. The van der Waals surface area contributed by atoms with E-state index < -0.39 is 0 Å². The molecule has 1 aliphatic heterocycles. The van der Waals surface area contributed by atoms with E-state index in [2.05, 4.69) is 10.6 Å². The average Bonchev–Trinajstić information content (AvgIpc) is 3.05. The molecule has 0 saturated heterocycles. The number of hydrogen-bond acceptors (Lipinski definition) is 3. The van der Waals surface area contributed by atoms with Crippen molar-refractivity contribution in [2.45, 2.75) is 13.0 Å². The van der Waals surface area contributed by atoms with Crippen LogP contribution in [0.2, 0.25) is 0 Å². The maximum atomic E-state index is 12.0. The number of benzene rings is 1. The Labute approximate surface area is 110 Å². The number of carbonyl (C=O) groups is 1. The Bertz CT molecular complexity index is 563. The summed E-state index contributed by atoms with van der Waals surface area (Å²) < 4.78 is 0. The lowest BCUT2D eigenvalue weighted by atomic mass is 10.1. The fraction of sp³-hybridized carbons (Fsp3) is 0.214. The van der Waals surface area contributed by atoms with Crippen LogP contribution in [-0.2, 0) is 13.0 Å². The van der Waals surface area contributed by atoms with Crippen LogP contribution in [-0.4, -0.2) is 12.5 Å². The molecule has 18 heavy (non-hydrogen) atoms. The Hall–Kier alpha value is -1.81. The minimum Gasteiger partial charge on any atom is -0.384 e. The van der Waals surface area contributed by atoms with Gasteiger partial charge in [0.2, 0.25) is 0 Å². The fourth-order valence-electron chi connectivity index (χ4n) is 2.11. The topological polar surface area (TPSA) is 41.1 Å². The standard InChI is InChI=1S/C14H14N2OS/c17-14(16-9-12-2-1-7-18-12)11-4-3-10-5-6-15-13(10)8-11/h1-4,7-8,15H,5-6,9H2,(H,16,17). The first-order chi connectivity index (χ1) is 8.83. The number of nitrogens with one attached hydrogen (secondary N) is 2. The highest BCUT2D eigenvalue weighted by molar-refractivity contribution is 7.09. The van der Waals surface area contributed by atoms with Gasteiger partial charge in [-0.2, -0.15) is 0 Å². The molecule has 0 radical (unpaired) electrons. The maximum absolute atomic E-state index is 12.0. The van der Waals surface area contributed by atoms with Gasteiger partial charge in [0, 0.05) is 22.7 Å². The van der Waals surface area contributed by atoms with Gasteiger partial charge in [-0.05, 0) is 35.6 Å². The van der Waals surface area contributed by atoms with E-state index in [1.807, 2.05) is 35.7 Å². The van der Waals surface area contributed by atoms with Crippen LogP contribution in [0.25, 0.3) is 0 Å². The van der Waals surface area contributed by atoms with Gasteiger partial charge in [0.1, 0.15) is 0 Å². The predicted molar refractivity (Wildman–Crippen MR) is 74.1 cm³/mol. The van der Waals surface area contributed by atoms with Crippen LogP contribution in [0.3, 0.4) is 0 Å². The molecule has 0 unspecified atom stereocenters. The number of thiophene rings is 1. The van der Waals surface area contributed by atoms with Crippen LogP contribution in [0.5, 0.6) is 0 Å². The molecule has 2 N–H and O–H groups in total. The molecule has 0 fully saturated rings. The highest BCUT2D eigenvalue weighted by Crippen LogP contribution is 2.23. The molecule has 3 rings (SSSR count). The molecule has 1 aliphatic rings. The average molecular weight is 258 g/mol. The lowest BCUT2D eigenvalue weighted by Gasteiger charge is -2.06. The summed E-state index contributed by atoms with van der Waals surface area (Å²) in [5.41, 5.74) is 3.11. The van der Waals surface area contributed by atoms with Crippen LogP contribution in [0, 0.1) is 0 Å². The van der Waals surface area contributed by atoms with Gasteiger partial charge in [-0.3, -0.25) is 4.79 Å². The Balaban J connectivity index is 1.69. The normalized spacial score (nSPS) is 12.9. The molecule has 0 bridgehead atoms. The molecule has 0 aliphatic carbocycles. The number of carbonyl (C=O) groups excluding carboxylic acids is 1. The van der Waals surface area contributed by atoms with Crippen LogP contribution in [0.4, 0.5) is 5.69 Å². The second-order valence-corrected chi connectivity index (χ2v) is 5.34. The highest BCUT2D eigenvalue weighted by Gasteiger charge is 2.13. The van der Waals surface area contributed by atoms with E-state index in [1.165, 1.54) is 10.4 Å². The third kappa shape index (κ3) is 2.24. The molecular formula is C14H14N2OS. The molecule has 3 nitrogen and oxygen atoms in total. The van der Waals surface area contributed by atoms with Crippen LogP contribution in [0.15, 0.2) is 35.7 Å². The maximum Gasteiger partial charge on any atom is 0.251 e. The monoisotopic (exact) mass is 258 g/mol. The number of rotatable bonds is 3. The first-order valence-electron chi connectivity index (χ1n) is 6.00. The zero-order valence-electron chi connectivity index (χ0n) is 9.90. The molecule has 92 valence electrons. The first kappa shape index (κ1) is 11.3. The molecule has 1 aromatic carbocycles. The van der Waals surface area contributed by atoms with E-state index >= 15 is 0 Å². The van der Waals surface area contributed by atoms with Crippen LogP contribution in [0.1, 0.15) is 20.8 Å². The Morgan fingerprint density at radius 3 is 3.17 bits per heavy atom. The van der Waals surface area contributed by atoms with Gasteiger partial charge in [0.25, 0.3) is 5.91 Å². The zero-order chi connectivity index (χ0) is 12.4.